The molecule has 6 N–H and O–H groups in total. The van der Waals surface area contributed by atoms with Crippen LogP contribution in [0.3, 0.4) is 0 Å². The van der Waals surface area contributed by atoms with Crippen LogP contribution in [0, 0.1) is 5.41 Å². The predicted molar refractivity (Wildman–Crippen MR) is 135 cm³/mol. The molecule has 0 aliphatic carbocycles. The van der Waals surface area contributed by atoms with Crippen molar-refractivity contribution in [1.82, 2.24) is 15.5 Å². The highest BCUT2D eigenvalue weighted by atomic mass is 16.5. The first-order chi connectivity index (χ1) is 17.8. The van der Waals surface area contributed by atoms with Gasteiger partial charge in [-0.15, -0.1) is 4.99 Å². The molecule has 37 heavy (non-hydrogen) atoms. The van der Waals surface area contributed by atoms with Gasteiger partial charge in [-0.3, -0.25) is 5.41 Å². The maximum Gasteiger partial charge on any atom is 0.436 e. The Morgan fingerprint density at radius 2 is 1.86 bits per heavy atom. The van der Waals surface area contributed by atoms with Crippen LogP contribution in [0.15, 0.2) is 47.5 Å². The second kappa shape index (κ2) is 11.5. The molecule has 1 atom stereocenters. The van der Waals surface area contributed by atoms with Crippen molar-refractivity contribution in [2.45, 2.75) is 32.1 Å². The van der Waals surface area contributed by atoms with Crippen molar-refractivity contribution in [2.24, 2.45) is 10.7 Å². The largest absolute Gasteiger partial charge is 0.487 e. The Balaban J connectivity index is 1.37. The van der Waals surface area contributed by atoms with E-state index in [1.165, 1.54) is 0 Å². The molecule has 0 bridgehead atoms. The smallest absolute Gasteiger partial charge is 0.436 e. The third-order valence-corrected chi connectivity index (χ3v) is 5.96. The van der Waals surface area contributed by atoms with Crippen LogP contribution in [0.5, 0.6) is 11.5 Å². The van der Waals surface area contributed by atoms with E-state index in [1.807, 2.05) is 6.07 Å². The molecule has 1 saturated heterocycles. The molecule has 12 nitrogen and oxygen atoms in total. The Hall–Kier alpha value is -4.48. The number of aliphatic imine (C=N–C) groups is 1. The molecule has 1 amide bonds. The number of carbonyl (C=O) groups excluding carboxylic acids is 1. The van der Waals surface area contributed by atoms with Gasteiger partial charge in [0.2, 0.25) is 12.1 Å². The van der Waals surface area contributed by atoms with Gasteiger partial charge in [0.05, 0.1) is 19.7 Å². The lowest BCUT2D eigenvalue weighted by atomic mass is 9.99. The van der Waals surface area contributed by atoms with E-state index < -0.39 is 18.2 Å². The minimum atomic E-state index is -1.21. The summed E-state index contributed by atoms with van der Waals surface area (Å²) in [6.07, 6.45) is -1.36. The second-order valence-corrected chi connectivity index (χ2v) is 8.55. The first-order valence-corrected chi connectivity index (χ1v) is 11.9. The average Bonchev–Trinajstić information content (AvgIpc) is 2.88. The fourth-order valence-corrected chi connectivity index (χ4v) is 4.09. The van der Waals surface area contributed by atoms with Crippen molar-refractivity contribution >= 4 is 24.0 Å². The number of hydrogen-bond donors (Lipinski definition) is 5. The van der Waals surface area contributed by atoms with Crippen molar-refractivity contribution in [3.63, 3.8) is 0 Å². The standard InChI is InChI=1S/C25H30N6O6/c1-2-35-25(34)30-24-28-12-20(13-29-24)36-18-6-4-16(5-7-18)21(22(32)33)37-19-8-3-15-9-10-31(23(26)27)14-17(15)11-19/h3-8,11,20-21H,2,9-10,12-14H2,1H3,(H3,26,27)(H,32,33)(H2,28,29,30,34). The molecular weight excluding hydrogens is 480 g/mol. The third kappa shape index (κ3) is 6.60. The van der Waals surface area contributed by atoms with Crippen LogP contribution in [0.2, 0.25) is 0 Å². The molecule has 0 saturated carbocycles. The highest BCUT2D eigenvalue weighted by Gasteiger charge is 2.24. The first-order valence-electron chi connectivity index (χ1n) is 11.9. The summed E-state index contributed by atoms with van der Waals surface area (Å²) in [7, 11) is 0. The Morgan fingerprint density at radius 3 is 2.51 bits per heavy atom. The summed E-state index contributed by atoms with van der Waals surface area (Å²) < 4.78 is 16.6. The number of nitrogens with one attached hydrogen (secondary N) is 3. The van der Waals surface area contributed by atoms with E-state index in [-0.39, 0.29) is 18.7 Å². The Bertz CT molecular complexity index is 1170. The number of nitrogens with zero attached hydrogens (tertiary/aromatic N) is 2. The van der Waals surface area contributed by atoms with Crippen LogP contribution in [0.25, 0.3) is 0 Å². The van der Waals surface area contributed by atoms with Gasteiger partial charge in [0, 0.05) is 18.7 Å². The van der Waals surface area contributed by atoms with Gasteiger partial charge < -0.3 is 40.6 Å². The molecule has 2 aromatic carbocycles. The monoisotopic (exact) mass is 510 g/mol. The van der Waals surface area contributed by atoms with Crippen molar-refractivity contribution in [3.8, 4) is 11.5 Å². The van der Waals surface area contributed by atoms with Crippen LogP contribution >= 0.6 is 0 Å². The van der Waals surface area contributed by atoms with E-state index in [0.717, 1.165) is 17.5 Å². The lowest BCUT2D eigenvalue weighted by Gasteiger charge is -2.29. The van der Waals surface area contributed by atoms with E-state index in [4.69, 9.17) is 25.4 Å². The Labute approximate surface area is 213 Å². The Morgan fingerprint density at radius 1 is 1.16 bits per heavy atom. The maximum absolute atomic E-state index is 12.0. The number of rotatable bonds is 7. The van der Waals surface area contributed by atoms with E-state index in [2.05, 4.69) is 15.6 Å². The number of carboxylic acid groups (broad SMARTS) is 1. The van der Waals surface area contributed by atoms with Crippen LogP contribution < -0.4 is 25.8 Å². The van der Waals surface area contributed by atoms with Crippen molar-refractivity contribution in [1.29, 1.82) is 5.41 Å². The number of ether oxygens (including phenoxy) is 3. The van der Waals surface area contributed by atoms with Gasteiger partial charge >= 0.3 is 12.1 Å². The summed E-state index contributed by atoms with van der Waals surface area (Å²) in [6, 6.07) is 12.2. The molecule has 4 rings (SSSR count). The van der Waals surface area contributed by atoms with Gasteiger partial charge in [0.15, 0.2) is 5.96 Å². The molecule has 196 valence electrons. The molecule has 2 aliphatic heterocycles. The number of guanidine groups is 2. The quantitative estimate of drug-likeness (QED) is 0.272. The summed E-state index contributed by atoms with van der Waals surface area (Å²) in [5.74, 6) is 0.201. The average molecular weight is 511 g/mol. The number of hydrogen-bond acceptors (Lipinski definition) is 6. The molecule has 0 aromatic heterocycles. The van der Waals surface area contributed by atoms with Crippen molar-refractivity contribution < 1.29 is 28.9 Å². The summed E-state index contributed by atoms with van der Waals surface area (Å²) in [5.41, 5.74) is 8.17. The zero-order chi connectivity index (χ0) is 26.4. The SMILES string of the molecule is CCOC(=O)N=C1NCC(Oc2ccc(C(Oc3ccc4c(c3)CN(C(=N)N)CC4)C(=O)O)cc2)CN1. The molecule has 0 spiro atoms. The molecule has 2 heterocycles. The second-order valence-electron chi connectivity index (χ2n) is 8.55. The summed E-state index contributed by atoms with van der Waals surface area (Å²) in [4.78, 5) is 29.0. The fraction of sp³-hybridized carbons (Fsp3) is 0.360. The summed E-state index contributed by atoms with van der Waals surface area (Å²) >= 11 is 0. The summed E-state index contributed by atoms with van der Waals surface area (Å²) in [5, 5.41) is 23.4. The van der Waals surface area contributed by atoms with Gasteiger partial charge in [-0.25, -0.2) is 9.59 Å². The number of carboxylic acids is 1. The third-order valence-electron chi connectivity index (χ3n) is 5.96. The number of nitrogens with two attached hydrogens (primary N) is 1. The lowest BCUT2D eigenvalue weighted by Crippen LogP contribution is -2.54. The van der Waals surface area contributed by atoms with E-state index in [0.29, 0.717) is 49.2 Å². The number of benzene rings is 2. The molecule has 2 aromatic rings. The maximum atomic E-state index is 12.0. The predicted octanol–water partition coefficient (Wildman–Crippen LogP) is 1.60. The minimum Gasteiger partial charge on any atom is -0.487 e. The van der Waals surface area contributed by atoms with Gasteiger partial charge in [0.25, 0.3) is 0 Å². The molecule has 1 fully saturated rings. The first kappa shape index (κ1) is 25.6. The van der Waals surface area contributed by atoms with E-state index in [9.17, 15) is 14.7 Å². The molecule has 2 aliphatic rings. The van der Waals surface area contributed by atoms with Gasteiger partial charge in [0.1, 0.15) is 17.6 Å². The fourth-order valence-electron chi connectivity index (χ4n) is 4.09. The molecule has 12 heteroatoms. The number of amides is 1. The van der Waals surface area contributed by atoms with Gasteiger partial charge in [-0.05, 0) is 48.7 Å². The van der Waals surface area contributed by atoms with E-state index in [1.54, 1.807) is 48.2 Å². The van der Waals surface area contributed by atoms with Crippen LogP contribution in [0.1, 0.15) is 29.7 Å². The van der Waals surface area contributed by atoms with Gasteiger partial charge in [-0.1, -0.05) is 18.2 Å². The molecule has 1 unspecified atom stereocenters. The number of aliphatic carboxylic acids is 1. The minimum absolute atomic E-state index is 0.00716. The topological polar surface area (TPSA) is 172 Å². The normalized spacial score (nSPS) is 17.4. The number of carbonyl (C=O) groups is 2. The lowest BCUT2D eigenvalue weighted by molar-refractivity contribution is -0.145. The zero-order valence-corrected chi connectivity index (χ0v) is 20.4. The highest BCUT2D eigenvalue weighted by Crippen LogP contribution is 2.28. The number of fused-ring (bicyclic) bond motifs is 1. The Kier molecular flexibility index (Phi) is 7.96. The van der Waals surface area contributed by atoms with E-state index >= 15 is 0 Å². The zero-order valence-electron chi connectivity index (χ0n) is 20.4. The van der Waals surface area contributed by atoms with Crippen molar-refractivity contribution in [2.75, 3.05) is 26.2 Å². The molecular formula is C25H30N6O6. The van der Waals surface area contributed by atoms with Crippen LogP contribution in [-0.2, 0) is 22.5 Å². The van der Waals surface area contributed by atoms with Crippen LogP contribution in [0.4, 0.5) is 4.79 Å². The van der Waals surface area contributed by atoms with Crippen molar-refractivity contribution in [3.05, 3.63) is 59.2 Å². The summed E-state index contributed by atoms with van der Waals surface area (Å²) in [6.45, 7) is 3.95. The van der Waals surface area contributed by atoms with Crippen LogP contribution in [-0.4, -0.2) is 66.3 Å². The highest BCUT2D eigenvalue weighted by molar-refractivity contribution is 5.90. The van der Waals surface area contributed by atoms with Gasteiger partial charge in [-0.2, -0.15) is 0 Å². The molecule has 0 radical (unpaired) electrons.